The third-order valence-electron chi connectivity index (χ3n) is 4.36. The number of amides is 1. The Bertz CT molecular complexity index is 478. The number of aromatic nitrogens is 1. The fourth-order valence-corrected chi connectivity index (χ4v) is 2.68. The fourth-order valence-electron chi connectivity index (χ4n) is 2.68. The van der Waals surface area contributed by atoms with E-state index in [-0.39, 0.29) is 5.97 Å². The monoisotopic (exact) mass is 392 g/mol. The molecule has 0 spiro atoms. The average molecular weight is 393 g/mol. The highest BCUT2D eigenvalue weighted by molar-refractivity contribution is 5.89. The van der Waals surface area contributed by atoms with Gasteiger partial charge in [-0.05, 0) is 18.6 Å². The number of carbonyl (C=O) groups is 2. The van der Waals surface area contributed by atoms with Crippen LogP contribution in [-0.2, 0) is 9.53 Å². The first-order valence-electron chi connectivity index (χ1n) is 10.8. The number of unbranched alkanes of at least 4 members (excludes halogenated alkanes) is 11. The lowest BCUT2D eigenvalue weighted by Gasteiger charge is -2.05. The van der Waals surface area contributed by atoms with Gasteiger partial charge in [0, 0.05) is 26.5 Å². The van der Waals surface area contributed by atoms with E-state index in [0.717, 1.165) is 19.3 Å². The van der Waals surface area contributed by atoms with Crippen molar-refractivity contribution < 1.29 is 14.3 Å². The molecule has 160 valence electrons. The Kier molecular flexibility index (Phi) is 18.5. The molecule has 0 aromatic carbocycles. The normalized spacial score (nSPS) is 9.96. The van der Waals surface area contributed by atoms with Gasteiger partial charge in [0.2, 0.25) is 6.41 Å². The topological polar surface area (TPSA) is 59.5 Å². The van der Waals surface area contributed by atoms with E-state index in [0.29, 0.717) is 12.2 Å². The Morgan fingerprint density at radius 3 is 1.75 bits per heavy atom. The lowest BCUT2D eigenvalue weighted by atomic mass is 10.1. The van der Waals surface area contributed by atoms with Gasteiger partial charge in [-0.25, -0.2) is 4.79 Å². The summed E-state index contributed by atoms with van der Waals surface area (Å²) in [6.45, 7) is 2.79. The predicted molar refractivity (Wildman–Crippen MR) is 115 cm³/mol. The molecule has 1 heterocycles. The van der Waals surface area contributed by atoms with Gasteiger partial charge in [0.15, 0.2) is 0 Å². The Morgan fingerprint density at radius 1 is 0.893 bits per heavy atom. The first-order valence-corrected chi connectivity index (χ1v) is 10.8. The number of hydrogen-bond acceptors (Lipinski definition) is 4. The van der Waals surface area contributed by atoms with E-state index in [1.54, 1.807) is 38.6 Å². The first kappa shape index (κ1) is 26.1. The quantitative estimate of drug-likeness (QED) is 0.220. The average Bonchev–Trinajstić information content (AvgIpc) is 2.72. The number of rotatable bonds is 15. The molecule has 0 saturated carbocycles. The van der Waals surface area contributed by atoms with Crippen molar-refractivity contribution in [3.8, 4) is 0 Å². The molecule has 1 amide bonds. The molecule has 5 heteroatoms. The van der Waals surface area contributed by atoms with Crippen LogP contribution in [0.4, 0.5) is 0 Å². The molecule has 0 aliphatic carbocycles. The van der Waals surface area contributed by atoms with Crippen LogP contribution < -0.4 is 0 Å². The van der Waals surface area contributed by atoms with E-state index < -0.39 is 0 Å². The van der Waals surface area contributed by atoms with E-state index in [4.69, 9.17) is 4.74 Å². The first-order chi connectivity index (χ1) is 13.6. The summed E-state index contributed by atoms with van der Waals surface area (Å²) in [5, 5.41) is 0. The minimum absolute atomic E-state index is 0.240. The fraction of sp³-hybridized carbons (Fsp3) is 0.696. The maximum atomic E-state index is 11.7. The van der Waals surface area contributed by atoms with Crippen LogP contribution in [0.2, 0.25) is 0 Å². The summed E-state index contributed by atoms with van der Waals surface area (Å²) in [5.74, 6) is -0.240. The van der Waals surface area contributed by atoms with Crippen LogP contribution in [-0.4, -0.2) is 43.0 Å². The highest BCUT2D eigenvalue weighted by Crippen LogP contribution is 2.12. The molecule has 28 heavy (non-hydrogen) atoms. The summed E-state index contributed by atoms with van der Waals surface area (Å²) in [4.78, 5) is 26.5. The van der Waals surface area contributed by atoms with E-state index in [1.165, 1.54) is 69.1 Å². The maximum Gasteiger partial charge on any atom is 0.338 e. The van der Waals surface area contributed by atoms with Crippen molar-refractivity contribution in [1.29, 1.82) is 0 Å². The maximum absolute atomic E-state index is 11.7. The number of pyridine rings is 1. The van der Waals surface area contributed by atoms with E-state index in [1.807, 2.05) is 0 Å². The van der Waals surface area contributed by atoms with Gasteiger partial charge in [0.1, 0.15) is 0 Å². The number of carbonyl (C=O) groups excluding carboxylic acids is 2. The largest absolute Gasteiger partial charge is 0.462 e. The van der Waals surface area contributed by atoms with Gasteiger partial charge in [-0.2, -0.15) is 0 Å². The highest BCUT2D eigenvalue weighted by Gasteiger charge is 2.05. The molecule has 1 rings (SSSR count). The van der Waals surface area contributed by atoms with Crippen molar-refractivity contribution in [2.45, 2.75) is 84.0 Å². The van der Waals surface area contributed by atoms with Gasteiger partial charge in [0.25, 0.3) is 0 Å². The second kappa shape index (κ2) is 19.8. The van der Waals surface area contributed by atoms with Crippen LogP contribution in [0, 0.1) is 0 Å². The molecule has 0 atom stereocenters. The summed E-state index contributed by atoms with van der Waals surface area (Å²) >= 11 is 0. The zero-order valence-corrected chi connectivity index (χ0v) is 18.2. The zero-order chi connectivity index (χ0) is 20.9. The van der Waals surface area contributed by atoms with Crippen molar-refractivity contribution in [2.75, 3.05) is 20.7 Å². The smallest absolute Gasteiger partial charge is 0.338 e. The van der Waals surface area contributed by atoms with Crippen LogP contribution >= 0.6 is 0 Å². The molecule has 1 aromatic rings. The minimum Gasteiger partial charge on any atom is -0.462 e. The number of hydrogen-bond donors (Lipinski definition) is 0. The molecule has 0 unspecified atom stereocenters. The molecule has 0 N–H and O–H groups in total. The van der Waals surface area contributed by atoms with Crippen LogP contribution in [0.3, 0.4) is 0 Å². The SMILES string of the molecule is CCCCCCCCCCCCCCOC(=O)c1ccncc1.CN(C)C=O. The molecule has 0 fully saturated rings. The lowest BCUT2D eigenvalue weighted by Crippen LogP contribution is -2.06. The predicted octanol–water partition coefficient (Wildman–Crippen LogP) is 5.64. The number of ether oxygens (including phenoxy) is 1. The van der Waals surface area contributed by atoms with Gasteiger partial charge in [-0.15, -0.1) is 0 Å². The zero-order valence-electron chi connectivity index (χ0n) is 18.2. The molecular formula is C23H40N2O3. The number of esters is 1. The molecule has 0 radical (unpaired) electrons. The summed E-state index contributed by atoms with van der Waals surface area (Å²) in [7, 11) is 3.38. The summed E-state index contributed by atoms with van der Waals surface area (Å²) in [6, 6.07) is 3.37. The molecule has 0 aliphatic rings. The van der Waals surface area contributed by atoms with Crippen molar-refractivity contribution in [1.82, 2.24) is 9.88 Å². The molecule has 0 aliphatic heterocycles. The van der Waals surface area contributed by atoms with Crippen molar-refractivity contribution in [3.05, 3.63) is 30.1 Å². The van der Waals surface area contributed by atoms with E-state index in [9.17, 15) is 9.59 Å². The van der Waals surface area contributed by atoms with E-state index >= 15 is 0 Å². The Hall–Kier alpha value is -1.91. The second-order valence-corrected chi connectivity index (χ2v) is 7.33. The molecule has 1 aromatic heterocycles. The molecule has 5 nitrogen and oxygen atoms in total. The van der Waals surface area contributed by atoms with Gasteiger partial charge >= 0.3 is 5.97 Å². The van der Waals surface area contributed by atoms with Gasteiger partial charge < -0.3 is 9.64 Å². The van der Waals surface area contributed by atoms with Crippen molar-refractivity contribution >= 4 is 12.4 Å². The van der Waals surface area contributed by atoms with Gasteiger partial charge in [-0.3, -0.25) is 9.78 Å². The molecule has 0 bridgehead atoms. The third kappa shape index (κ3) is 17.5. The van der Waals surface area contributed by atoms with Gasteiger partial charge in [0.05, 0.1) is 12.2 Å². The van der Waals surface area contributed by atoms with E-state index in [2.05, 4.69) is 11.9 Å². The number of nitrogens with zero attached hydrogens (tertiary/aromatic N) is 2. The Balaban J connectivity index is 0.00000129. The second-order valence-electron chi connectivity index (χ2n) is 7.33. The van der Waals surface area contributed by atoms with Gasteiger partial charge in [-0.1, -0.05) is 77.6 Å². The minimum atomic E-state index is -0.240. The molecular weight excluding hydrogens is 352 g/mol. The van der Waals surface area contributed by atoms with Crippen molar-refractivity contribution in [3.63, 3.8) is 0 Å². The highest BCUT2D eigenvalue weighted by atomic mass is 16.5. The van der Waals surface area contributed by atoms with Crippen LogP contribution in [0.15, 0.2) is 24.5 Å². The van der Waals surface area contributed by atoms with Crippen LogP contribution in [0.5, 0.6) is 0 Å². The van der Waals surface area contributed by atoms with Crippen LogP contribution in [0.1, 0.15) is 94.3 Å². The lowest BCUT2D eigenvalue weighted by molar-refractivity contribution is -0.115. The summed E-state index contributed by atoms with van der Waals surface area (Å²) in [6.07, 6.45) is 19.7. The third-order valence-corrected chi connectivity index (χ3v) is 4.36. The summed E-state index contributed by atoms with van der Waals surface area (Å²) in [5.41, 5.74) is 0.582. The standard InChI is InChI=1S/C20H33NO2.C3H7NO/c1-2-3-4-5-6-7-8-9-10-11-12-13-18-23-20(22)19-14-16-21-17-15-19;1-4(2)3-5/h14-17H,2-13,18H2,1H3;3H,1-2H3. The Morgan fingerprint density at radius 2 is 1.32 bits per heavy atom. The summed E-state index contributed by atoms with van der Waals surface area (Å²) < 4.78 is 5.25. The molecule has 0 saturated heterocycles. The van der Waals surface area contributed by atoms with Crippen LogP contribution in [0.25, 0.3) is 0 Å². The Labute approximate surface area is 171 Å². The van der Waals surface area contributed by atoms with Crippen molar-refractivity contribution in [2.24, 2.45) is 0 Å².